The molecule has 2 aliphatic rings. The molecule has 20 heavy (non-hydrogen) atoms. The van der Waals surface area contributed by atoms with Gasteiger partial charge in [0.2, 0.25) is 5.91 Å². The monoisotopic (exact) mass is 272 g/mol. The fourth-order valence-corrected chi connectivity index (χ4v) is 2.85. The van der Waals surface area contributed by atoms with Crippen molar-refractivity contribution < 1.29 is 9.59 Å². The van der Waals surface area contributed by atoms with Crippen molar-refractivity contribution in [2.45, 2.75) is 31.7 Å². The molecular formula is C16H20N2O2. The molecule has 4 nitrogen and oxygen atoms in total. The number of benzene rings is 1. The molecule has 0 aromatic heterocycles. The molecule has 0 bridgehead atoms. The smallest absolute Gasteiger partial charge is 0.251 e. The Morgan fingerprint density at radius 1 is 1.10 bits per heavy atom. The van der Waals surface area contributed by atoms with Gasteiger partial charge in [-0.3, -0.25) is 9.59 Å². The Balaban J connectivity index is 1.52. The number of hydrogen-bond acceptors (Lipinski definition) is 2. The van der Waals surface area contributed by atoms with Crippen LogP contribution in [0.15, 0.2) is 30.3 Å². The Morgan fingerprint density at radius 2 is 1.85 bits per heavy atom. The van der Waals surface area contributed by atoms with E-state index < -0.39 is 0 Å². The van der Waals surface area contributed by atoms with Gasteiger partial charge >= 0.3 is 0 Å². The molecule has 1 aromatic rings. The first-order valence-electron chi connectivity index (χ1n) is 7.39. The maximum atomic E-state index is 12.1. The van der Waals surface area contributed by atoms with Crippen LogP contribution < -0.4 is 5.32 Å². The van der Waals surface area contributed by atoms with Gasteiger partial charge in [-0.15, -0.1) is 0 Å². The van der Waals surface area contributed by atoms with E-state index in [0.29, 0.717) is 12.1 Å². The zero-order valence-electron chi connectivity index (χ0n) is 11.5. The second-order valence-corrected chi connectivity index (χ2v) is 5.74. The van der Waals surface area contributed by atoms with Crippen molar-refractivity contribution in [2.24, 2.45) is 5.92 Å². The topological polar surface area (TPSA) is 49.4 Å². The van der Waals surface area contributed by atoms with Crippen LogP contribution in [0.25, 0.3) is 0 Å². The average Bonchev–Trinajstić information content (AvgIpc) is 2.86. The van der Waals surface area contributed by atoms with E-state index in [9.17, 15) is 9.59 Å². The number of carbonyl (C=O) groups excluding carboxylic acids is 2. The second kappa shape index (κ2) is 5.65. The van der Waals surface area contributed by atoms with E-state index in [-0.39, 0.29) is 23.8 Å². The highest BCUT2D eigenvalue weighted by molar-refractivity contribution is 5.94. The third-order valence-electron chi connectivity index (χ3n) is 4.33. The van der Waals surface area contributed by atoms with Gasteiger partial charge < -0.3 is 10.2 Å². The fraction of sp³-hybridized carbons (Fsp3) is 0.500. The minimum atomic E-state index is -0.0476. The van der Waals surface area contributed by atoms with Crippen LogP contribution in [0.2, 0.25) is 0 Å². The minimum absolute atomic E-state index is 0.0476. The van der Waals surface area contributed by atoms with Gasteiger partial charge in [0.1, 0.15) is 0 Å². The molecule has 4 heteroatoms. The van der Waals surface area contributed by atoms with Crippen LogP contribution >= 0.6 is 0 Å². The summed E-state index contributed by atoms with van der Waals surface area (Å²) in [5.41, 5.74) is 0.677. The first kappa shape index (κ1) is 13.2. The van der Waals surface area contributed by atoms with E-state index in [1.165, 1.54) is 6.42 Å². The van der Waals surface area contributed by atoms with Gasteiger partial charge in [0.15, 0.2) is 0 Å². The van der Waals surface area contributed by atoms with Crippen molar-refractivity contribution in [3.8, 4) is 0 Å². The third-order valence-corrected chi connectivity index (χ3v) is 4.33. The van der Waals surface area contributed by atoms with E-state index in [0.717, 1.165) is 25.8 Å². The molecule has 1 atom stereocenters. The molecule has 0 radical (unpaired) electrons. The molecule has 3 rings (SSSR count). The Bertz CT molecular complexity index is 496. The summed E-state index contributed by atoms with van der Waals surface area (Å²) in [5.74, 6) is 0.486. The van der Waals surface area contributed by atoms with Crippen molar-refractivity contribution in [1.29, 1.82) is 0 Å². The van der Waals surface area contributed by atoms with Gasteiger partial charge in [-0.25, -0.2) is 0 Å². The summed E-state index contributed by atoms with van der Waals surface area (Å²) in [6.07, 6.45) is 4.11. The largest absolute Gasteiger partial charge is 0.347 e. The van der Waals surface area contributed by atoms with E-state index in [2.05, 4.69) is 5.32 Å². The number of amides is 2. The summed E-state index contributed by atoms with van der Waals surface area (Å²) >= 11 is 0. The van der Waals surface area contributed by atoms with Crippen molar-refractivity contribution in [2.75, 3.05) is 13.1 Å². The van der Waals surface area contributed by atoms with E-state index in [1.54, 1.807) is 0 Å². The van der Waals surface area contributed by atoms with Crippen molar-refractivity contribution in [3.63, 3.8) is 0 Å². The van der Waals surface area contributed by atoms with Gasteiger partial charge in [-0.1, -0.05) is 24.6 Å². The summed E-state index contributed by atoms with van der Waals surface area (Å²) in [7, 11) is 0. The average molecular weight is 272 g/mol. The van der Waals surface area contributed by atoms with Crippen molar-refractivity contribution >= 4 is 11.8 Å². The number of hydrogen-bond donors (Lipinski definition) is 1. The Kier molecular flexibility index (Phi) is 3.72. The molecule has 1 aromatic carbocycles. The lowest BCUT2D eigenvalue weighted by Crippen LogP contribution is -2.41. The molecule has 1 saturated heterocycles. The maximum absolute atomic E-state index is 12.1. The van der Waals surface area contributed by atoms with E-state index in [4.69, 9.17) is 0 Å². The first-order valence-corrected chi connectivity index (χ1v) is 7.39. The third kappa shape index (κ3) is 2.69. The first-order chi connectivity index (χ1) is 9.74. The van der Waals surface area contributed by atoms with E-state index >= 15 is 0 Å². The number of nitrogens with one attached hydrogen (secondary N) is 1. The highest BCUT2D eigenvalue weighted by Gasteiger charge is 2.34. The van der Waals surface area contributed by atoms with Crippen LogP contribution in [0.5, 0.6) is 0 Å². The SMILES string of the molecule is O=C(NC1CCN(C(=O)C2CCC2)C1)c1ccccc1. The lowest BCUT2D eigenvalue weighted by Gasteiger charge is -2.29. The van der Waals surface area contributed by atoms with Crippen molar-refractivity contribution in [1.82, 2.24) is 10.2 Å². The molecule has 1 aliphatic carbocycles. The van der Waals surface area contributed by atoms with Crippen LogP contribution in [0.3, 0.4) is 0 Å². The molecule has 0 spiro atoms. The summed E-state index contributed by atoms with van der Waals surface area (Å²) in [5, 5.41) is 3.02. The molecular weight excluding hydrogens is 252 g/mol. The Labute approximate surface area is 119 Å². The van der Waals surface area contributed by atoms with Crippen LogP contribution in [-0.4, -0.2) is 35.8 Å². The molecule has 1 saturated carbocycles. The van der Waals surface area contributed by atoms with Gasteiger partial charge in [0.05, 0.1) is 0 Å². The minimum Gasteiger partial charge on any atom is -0.347 e. The zero-order chi connectivity index (χ0) is 13.9. The molecule has 1 N–H and O–H groups in total. The number of likely N-dealkylation sites (tertiary alicyclic amines) is 1. The highest BCUT2D eigenvalue weighted by Crippen LogP contribution is 2.29. The van der Waals surface area contributed by atoms with Gasteiger partial charge in [0.25, 0.3) is 5.91 Å². The Hall–Kier alpha value is -1.84. The number of carbonyl (C=O) groups is 2. The van der Waals surface area contributed by atoms with Crippen LogP contribution in [0.4, 0.5) is 0 Å². The van der Waals surface area contributed by atoms with Gasteiger partial charge in [-0.05, 0) is 31.4 Å². The Morgan fingerprint density at radius 3 is 2.50 bits per heavy atom. The zero-order valence-corrected chi connectivity index (χ0v) is 11.5. The summed E-state index contributed by atoms with van der Waals surface area (Å²) in [6.45, 7) is 1.43. The number of nitrogens with zero attached hydrogens (tertiary/aromatic N) is 1. The van der Waals surface area contributed by atoms with E-state index in [1.807, 2.05) is 35.2 Å². The fourth-order valence-electron chi connectivity index (χ4n) is 2.85. The molecule has 1 aliphatic heterocycles. The molecule has 1 unspecified atom stereocenters. The summed E-state index contributed by atoms with van der Waals surface area (Å²) < 4.78 is 0. The maximum Gasteiger partial charge on any atom is 0.251 e. The second-order valence-electron chi connectivity index (χ2n) is 5.74. The lowest BCUT2D eigenvalue weighted by molar-refractivity contribution is -0.137. The van der Waals surface area contributed by atoms with Gasteiger partial charge in [-0.2, -0.15) is 0 Å². The molecule has 1 heterocycles. The molecule has 2 fully saturated rings. The number of rotatable bonds is 3. The quantitative estimate of drug-likeness (QED) is 0.912. The lowest BCUT2D eigenvalue weighted by atomic mass is 9.84. The normalized spacial score (nSPS) is 22.4. The predicted molar refractivity (Wildman–Crippen MR) is 76.2 cm³/mol. The van der Waals surface area contributed by atoms with Crippen LogP contribution in [0, 0.1) is 5.92 Å². The van der Waals surface area contributed by atoms with Crippen LogP contribution in [0.1, 0.15) is 36.0 Å². The van der Waals surface area contributed by atoms with Gasteiger partial charge in [0, 0.05) is 30.6 Å². The molecule has 106 valence electrons. The standard InChI is InChI=1S/C16H20N2O2/c19-15(12-5-2-1-3-6-12)17-14-9-10-18(11-14)16(20)13-7-4-8-13/h1-3,5-6,13-14H,4,7-11H2,(H,17,19). The summed E-state index contributed by atoms with van der Waals surface area (Å²) in [4.78, 5) is 26.1. The summed E-state index contributed by atoms with van der Waals surface area (Å²) in [6, 6.07) is 9.31. The van der Waals surface area contributed by atoms with Crippen molar-refractivity contribution in [3.05, 3.63) is 35.9 Å². The molecule has 2 amide bonds. The van der Waals surface area contributed by atoms with Crippen LogP contribution in [-0.2, 0) is 4.79 Å². The predicted octanol–water partition coefficient (Wildman–Crippen LogP) is 1.82. The highest BCUT2D eigenvalue weighted by atomic mass is 16.2.